The van der Waals surface area contributed by atoms with Gasteiger partial charge in [0, 0.05) is 0 Å². The predicted octanol–water partition coefficient (Wildman–Crippen LogP) is 0.567. The summed E-state index contributed by atoms with van der Waals surface area (Å²) in [4.78, 5) is 0. The second-order valence-corrected chi connectivity index (χ2v) is 3.06. The van der Waals surface area contributed by atoms with Gasteiger partial charge in [-0.15, -0.1) is 0 Å². The molecule has 0 radical (unpaired) electrons. The van der Waals surface area contributed by atoms with Crippen LogP contribution in [0.15, 0.2) is 12.1 Å². The largest absolute Gasteiger partial charge is 0.493 e. The first-order valence-corrected chi connectivity index (χ1v) is 4.86. The van der Waals surface area contributed by atoms with Gasteiger partial charge >= 0.3 is 0 Å². The molecule has 0 saturated carbocycles. The van der Waals surface area contributed by atoms with E-state index in [9.17, 15) is 0 Å². The average Bonchev–Trinajstić information content (AvgIpc) is 2.35. The number of aliphatic hydroxyl groups is 2. The zero-order chi connectivity index (χ0) is 12.0. The molecule has 0 fully saturated rings. The Labute approximate surface area is 94.2 Å². The maximum atomic E-state index is 9.05. The van der Waals surface area contributed by atoms with Crippen molar-refractivity contribution in [1.29, 1.82) is 0 Å². The van der Waals surface area contributed by atoms with Gasteiger partial charge in [-0.25, -0.2) is 0 Å². The fraction of sp³-hybridized carbons (Fsp3) is 0.455. The van der Waals surface area contributed by atoms with Crippen molar-refractivity contribution in [3.05, 3.63) is 17.7 Å². The Morgan fingerprint density at radius 2 is 1.62 bits per heavy atom. The van der Waals surface area contributed by atoms with Crippen LogP contribution in [0.3, 0.4) is 0 Å². The molecule has 5 nitrogen and oxygen atoms in total. The fourth-order valence-electron chi connectivity index (χ4n) is 1.32. The standard InChI is InChI=1S/C11H16O5/c1-14-9-5-8(7-13)6-10(15-2)11(9)16-4-3-12/h5-6,12-13H,3-4,7H2,1-2H3. The number of ether oxygens (including phenoxy) is 3. The fourth-order valence-corrected chi connectivity index (χ4v) is 1.32. The number of aliphatic hydroxyl groups excluding tert-OH is 2. The highest BCUT2D eigenvalue weighted by atomic mass is 16.5. The summed E-state index contributed by atoms with van der Waals surface area (Å²) in [5, 5.41) is 17.8. The molecule has 0 spiro atoms. The number of rotatable bonds is 6. The number of benzene rings is 1. The van der Waals surface area contributed by atoms with Gasteiger partial charge in [-0.3, -0.25) is 0 Å². The van der Waals surface area contributed by atoms with E-state index in [0.717, 1.165) is 0 Å². The van der Waals surface area contributed by atoms with Gasteiger partial charge < -0.3 is 24.4 Å². The first-order chi connectivity index (χ1) is 7.76. The minimum atomic E-state index is -0.104. The zero-order valence-electron chi connectivity index (χ0n) is 9.40. The minimum Gasteiger partial charge on any atom is -0.493 e. The van der Waals surface area contributed by atoms with Gasteiger partial charge in [0.15, 0.2) is 11.5 Å². The Morgan fingerprint density at radius 1 is 1.06 bits per heavy atom. The third-order valence-electron chi connectivity index (χ3n) is 2.04. The zero-order valence-corrected chi connectivity index (χ0v) is 9.40. The lowest BCUT2D eigenvalue weighted by Crippen LogP contribution is -2.05. The van der Waals surface area contributed by atoms with E-state index in [4.69, 9.17) is 24.4 Å². The number of methoxy groups -OCH3 is 2. The highest BCUT2D eigenvalue weighted by Gasteiger charge is 2.13. The molecule has 2 N–H and O–H groups in total. The average molecular weight is 228 g/mol. The summed E-state index contributed by atoms with van der Waals surface area (Å²) in [5.41, 5.74) is 0.671. The maximum absolute atomic E-state index is 9.05. The van der Waals surface area contributed by atoms with Crippen molar-refractivity contribution in [2.45, 2.75) is 6.61 Å². The van der Waals surface area contributed by atoms with Crippen molar-refractivity contribution < 1.29 is 24.4 Å². The molecule has 0 saturated heterocycles. The van der Waals surface area contributed by atoms with E-state index >= 15 is 0 Å². The highest BCUT2D eigenvalue weighted by molar-refractivity contribution is 5.53. The summed E-state index contributed by atoms with van der Waals surface area (Å²) >= 11 is 0. The molecule has 0 aliphatic carbocycles. The molecule has 0 aliphatic heterocycles. The predicted molar refractivity (Wildman–Crippen MR) is 58.0 cm³/mol. The Morgan fingerprint density at radius 3 is 2.00 bits per heavy atom. The minimum absolute atomic E-state index is 0.0892. The van der Waals surface area contributed by atoms with Crippen LogP contribution in [0, 0.1) is 0 Å². The van der Waals surface area contributed by atoms with Gasteiger partial charge in [-0.05, 0) is 17.7 Å². The molecule has 0 heterocycles. The number of hydrogen-bond acceptors (Lipinski definition) is 5. The molecule has 0 aliphatic rings. The summed E-state index contributed by atoms with van der Waals surface area (Å²) < 4.78 is 15.6. The molecule has 90 valence electrons. The van der Waals surface area contributed by atoms with E-state index in [1.54, 1.807) is 12.1 Å². The second-order valence-electron chi connectivity index (χ2n) is 3.06. The molecule has 0 bridgehead atoms. The van der Waals surface area contributed by atoms with Crippen molar-refractivity contribution in [3.8, 4) is 17.2 Å². The van der Waals surface area contributed by atoms with Crippen LogP contribution in [0.5, 0.6) is 17.2 Å². The summed E-state index contributed by atoms with van der Waals surface area (Å²) in [6, 6.07) is 3.32. The van der Waals surface area contributed by atoms with Gasteiger partial charge in [0.05, 0.1) is 27.4 Å². The van der Waals surface area contributed by atoms with Crippen molar-refractivity contribution in [2.24, 2.45) is 0 Å². The van der Waals surface area contributed by atoms with E-state index < -0.39 is 0 Å². The molecular weight excluding hydrogens is 212 g/mol. The molecule has 1 aromatic carbocycles. The Bertz CT molecular complexity index is 312. The Hall–Kier alpha value is -1.46. The topological polar surface area (TPSA) is 68.2 Å². The van der Waals surface area contributed by atoms with E-state index in [2.05, 4.69) is 0 Å². The third kappa shape index (κ3) is 2.77. The van der Waals surface area contributed by atoms with Crippen molar-refractivity contribution in [2.75, 3.05) is 27.4 Å². The van der Waals surface area contributed by atoms with Gasteiger partial charge in [-0.1, -0.05) is 0 Å². The van der Waals surface area contributed by atoms with Crippen molar-refractivity contribution >= 4 is 0 Å². The summed E-state index contributed by atoms with van der Waals surface area (Å²) in [6.45, 7) is -0.0355. The summed E-state index contributed by atoms with van der Waals surface area (Å²) in [6.07, 6.45) is 0. The van der Waals surface area contributed by atoms with Crippen molar-refractivity contribution in [1.82, 2.24) is 0 Å². The van der Waals surface area contributed by atoms with Crippen molar-refractivity contribution in [3.63, 3.8) is 0 Å². The molecule has 0 amide bonds. The van der Waals surface area contributed by atoms with Crippen LogP contribution in [0.1, 0.15) is 5.56 Å². The molecule has 0 aromatic heterocycles. The lowest BCUT2D eigenvalue weighted by molar-refractivity contribution is 0.191. The van der Waals surface area contributed by atoms with E-state index in [0.29, 0.717) is 22.8 Å². The van der Waals surface area contributed by atoms with Crippen LogP contribution in [0.25, 0.3) is 0 Å². The Kier molecular flexibility index (Phi) is 4.88. The van der Waals surface area contributed by atoms with E-state index in [1.165, 1.54) is 14.2 Å². The molecule has 1 aromatic rings. The van der Waals surface area contributed by atoms with E-state index in [-0.39, 0.29) is 19.8 Å². The lowest BCUT2D eigenvalue weighted by Gasteiger charge is -2.14. The van der Waals surface area contributed by atoms with Crippen LogP contribution in [0.2, 0.25) is 0 Å². The van der Waals surface area contributed by atoms with Gasteiger partial charge in [-0.2, -0.15) is 0 Å². The van der Waals surface area contributed by atoms with Gasteiger partial charge in [0.2, 0.25) is 5.75 Å². The second kappa shape index (κ2) is 6.19. The van der Waals surface area contributed by atoms with Crippen LogP contribution in [-0.2, 0) is 6.61 Å². The molecule has 5 heteroatoms. The van der Waals surface area contributed by atoms with Crippen LogP contribution < -0.4 is 14.2 Å². The number of hydrogen-bond donors (Lipinski definition) is 2. The third-order valence-corrected chi connectivity index (χ3v) is 2.04. The molecule has 1 rings (SSSR count). The van der Waals surface area contributed by atoms with Crippen LogP contribution in [-0.4, -0.2) is 37.6 Å². The first-order valence-electron chi connectivity index (χ1n) is 4.86. The normalized spacial score (nSPS) is 10.0. The van der Waals surface area contributed by atoms with Crippen LogP contribution in [0.4, 0.5) is 0 Å². The summed E-state index contributed by atoms with van der Waals surface area (Å²) in [7, 11) is 3.00. The van der Waals surface area contributed by atoms with E-state index in [1.807, 2.05) is 0 Å². The van der Waals surface area contributed by atoms with Gasteiger partial charge in [0.25, 0.3) is 0 Å². The van der Waals surface area contributed by atoms with Crippen LogP contribution >= 0.6 is 0 Å². The summed E-state index contributed by atoms with van der Waals surface area (Å²) in [5.74, 6) is 1.37. The van der Waals surface area contributed by atoms with Gasteiger partial charge in [0.1, 0.15) is 6.61 Å². The smallest absolute Gasteiger partial charge is 0.203 e. The first kappa shape index (κ1) is 12.6. The SMILES string of the molecule is COc1cc(CO)cc(OC)c1OCCO. The molecule has 0 unspecified atom stereocenters. The molecule has 16 heavy (non-hydrogen) atoms. The lowest BCUT2D eigenvalue weighted by atomic mass is 10.2. The molecular formula is C11H16O5. The molecule has 0 atom stereocenters. The Balaban J connectivity index is 3.09. The highest BCUT2D eigenvalue weighted by Crippen LogP contribution is 2.38. The maximum Gasteiger partial charge on any atom is 0.203 e. The monoisotopic (exact) mass is 228 g/mol. The quantitative estimate of drug-likeness (QED) is 0.745.